The lowest BCUT2D eigenvalue weighted by Crippen LogP contribution is -2.34. The molecule has 1 unspecified atom stereocenters. The highest BCUT2D eigenvalue weighted by molar-refractivity contribution is 5.85. The number of nitrogens with zero attached hydrogens (tertiary/aromatic N) is 1. The summed E-state index contributed by atoms with van der Waals surface area (Å²) in [5.74, 6) is 0.836. The van der Waals surface area contributed by atoms with Gasteiger partial charge >= 0.3 is 6.09 Å². The summed E-state index contributed by atoms with van der Waals surface area (Å²) >= 11 is 0. The van der Waals surface area contributed by atoms with E-state index in [1.807, 2.05) is 32.0 Å². The van der Waals surface area contributed by atoms with E-state index >= 15 is 0 Å². The maximum atomic E-state index is 12.1. The van der Waals surface area contributed by atoms with Crippen molar-refractivity contribution in [1.82, 2.24) is 4.90 Å². The number of nitrogens with one attached hydrogen (secondary N) is 1. The smallest absolute Gasteiger partial charge is 0.411 e. The molecule has 5 nitrogen and oxygen atoms in total. The molecule has 0 aromatic heterocycles. The first-order valence-corrected chi connectivity index (χ1v) is 9.43. The summed E-state index contributed by atoms with van der Waals surface area (Å²) in [5, 5.41) is 2.82. The fourth-order valence-electron chi connectivity index (χ4n) is 2.61. The quantitative estimate of drug-likeness (QED) is 0.580. The zero-order valence-electron chi connectivity index (χ0n) is 16.4. The summed E-state index contributed by atoms with van der Waals surface area (Å²) in [6.07, 6.45) is 2.85. The van der Waals surface area contributed by atoms with Crippen LogP contribution >= 0.6 is 0 Å². The van der Waals surface area contributed by atoms with Crippen molar-refractivity contribution in [3.8, 4) is 5.75 Å². The summed E-state index contributed by atoms with van der Waals surface area (Å²) in [6, 6.07) is 5.69. The predicted molar refractivity (Wildman–Crippen MR) is 104 cm³/mol. The Morgan fingerprint density at radius 1 is 1.20 bits per heavy atom. The van der Waals surface area contributed by atoms with E-state index in [-0.39, 0.29) is 6.10 Å². The van der Waals surface area contributed by atoms with Gasteiger partial charge in [0.05, 0.1) is 6.61 Å². The number of amides is 1. The molecule has 0 aliphatic carbocycles. The Hall–Kier alpha value is -1.75. The summed E-state index contributed by atoms with van der Waals surface area (Å²) in [6.45, 7) is 13.6. The molecule has 1 N–H and O–H groups in total. The summed E-state index contributed by atoms with van der Waals surface area (Å²) in [5.41, 5.74) is 1.71. The van der Waals surface area contributed by atoms with Crippen molar-refractivity contribution in [2.45, 2.75) is 60.0 Å². The van der Waals surface area contributed by atoms with Crippen LogP contribution in [0, 0.1) is 6.92 Å². The zero-order valence-corrected chi connectivity index (χ0v) is 16.4. The van der Waals surface area contributed by atoms with E-state index in [2.05, 4.69) is 31.0 Å². The van der Waals surface area contributed by atoms with Crippen LogP contribution < -0.4 is 10.1 Å². The van der Waals surface area contributed by atoms with Crippen LogP contribution in [0.15, 0.2) is 18.2 Å². The number of unbranched alkanes of at least 4 members (excludes halogenated alkanes) is 2. The van der Waals surface area contributed by atoms with Crippen LogP contribution in [-0.2, 0) is 4.74 Å². The van der Waals surface area contributed by atoms with Crippen molar-refractivity contribution in [1.29, 1.82) is 0 Å². The van der Waals surface area contributed by atoms with Crippen molar-refractivity contribution in [2.24, 2.45) is 0 Å². The van der Waals surface area contributed by atoms with Gasteiger partial charge in [-0.25, -0.2) is 4.79 Å². The van der Waals surface area contributed by atoms with Gasteiger partial charge in [-0.2, -0.15) is 0 Å². The third-order valence-corrected chi connectivity index (χ3v) is 4.17. The lowest BCUT2D eigenvalue weighted by Gasteiger charge is -2.22. The maximum Gasteiger partial charge on any atom is 0.411 e. The largest absolute Gasteiger partial charge is 0.494 e. The third-order valence-electron chi connectivity index (χ3n) is 4.17. The molecule has 0 radical (unpaired) electrons. The third kappa shape index (κ3) is 8.25. The highest BCUT2D eigenvalue weighted by Gasteiger charge is 2.13. The Labute approximate surface area is 152 Å². The molecule has 25 heavy (non-hydrogen) atoms. The number of anilines is 1. The minimum atomic E-state index is -0.417. The fourth-order valence-corrected chi connectivity index (χ4v) is 2.61. The summed E-state index contributed by atoms with van der Waals surface area (Å²) in [4.78, 5) is 14.3. The van der Waals surface area contributed by atoms with Crippen LogP contribution in [0.5, 0.6) is 5.75 Å². The van der Waals surface area contributed by atoms with Gasteiger partial charge in [-0.15, -0.1) is 0 Å². The van der Waals surface area contributed by atoms with E-state index in [4.69, 9.17) is 9.47 Å². The molecule has 5 heteroatoms. The molecule has 0 saturated carbocycles. The van der Waals surface area contributed by atoms with Gasteiger partial charge in [-0.3, -0.25) is 5.32 Å². The van der Waals surface area contributed by atoms with E-state index in [0.717, 1.165) is 49.7 Å². The molecule has 0 spiro atoms. The lowest BCUT2D eigenvalue weighted by molar-refractivity contribution is 0.0929. The Kier molecular flexibility index (Phi) is 10.0. The van der Waals surface area contributed by atoms with Gasteiger partial charge in [0, 0.05) is 12.2 Å². The average Bonchev–Trinajstić information content (AvgIpc) is 2.58. The van der Waals surface area contributed by atoms with Crippen LogP contribution in [0.2, 0.25) is 0 Å². The number of ether oxygens (including phenoxy) is 2. The molecule has 1 atom stereocenters. The monoisotopic (exact) mass is 350 g/mol. The van der Waals surface area contributed by atoms with E-state index in [9.17, 15) is 4.79 Å². The number of carbonyl (C=O) groups is 1. The second-order valence-electron chi connectivity index (χ2n) is 6.36. The molecule has 0 aliphatic heterocycles. The first-order valence-electron chi connectivity index (χ1n) is 9.43. The Bertz CT molecular complexity index is 516. The van der Waals surface area contributed by atoms with Crippen LogP contribution in [-0.4, -0.2) is 43.3 Å². The van der Waals surface area contributed by atoms with Gasteiger partial charge < -0.3 is 14.4 Å². The molecule has 1 aromatic carbocycles. The second-order valence-corrected chi connectivity index (χ2v) is 6.36. The van der Waals surface area contributed by atoms with Gasteiger partial charge in [0.25, 0.3) is 0 Å². The van der Waals surface area contributed by atoms with Crippen molar-refractivity contribution in [3.05, 3.63) is 23.8 Å². The van der Waals surface area contributed by atoms with Gasteiger partial charge in [-0.1, -0.05) is 33.6 Å². The number of carbonyl (C=O) groups excluding carboxylic acids is 1. The molecule has 0 aliphatic rings. The second kappa shape index (κ2) is 11.7. The van der Waals surface area contributed by atoms with E-state index < -0.39 is 6.09 Å². The SMILES string of the molecule is CCCCCOc1ccc(NC(=O)OC(C)CN(CC)CC)c(C)c1. The Balaban J connectivity index is 2.48. The first-order chi connectivity index (χ1) is 12.0. The molecule has 1 aromatic rings. The number of hydrogen-bond donors (Lipinski definition) is 1. The number of likely N-dealkylation sites (N-methyl/N-ethyl adjacent to an activating group) is 1. The van der Waals surface area contributed by atoms with Crippen molar-refractivity contribution in [2.75, 3.05) is 31.6 Å². The van der Waals surface area contributed by atoms with Crippen LogP contribution in [0.1, 0.15) is 52.5 Å². The number of aryl methyl sites for hydroxylation is 1. The molecular weight excluding hydrogens is 316 g/mol. The minimum absolute atomic E-state index is 0.152. The summed E-state index contributed by atoms with van der Waals surface area (Å²) in [7, 11) is 0. The Morgan fingerprint density at radius 3 is 2.52 bits per heavy atom. The minimum Gasteiger partial charge on any atom is -0.494 e. The first kappa shape index (κ1) is 21.3. The van der Waals surface area contributed by atoms with Crippen molar-refractivity contribution >= 4 is 11.8 Å². The standard InChI is InChI=1S/C20H34N2O3/c1-6-9-10-13-24-18-11-12-19(16(4)14-18)21-20(23)25-17(5)15-22(7-2)8-3/h11-12,14,17H,6-10,13,15H2,1-5H3,(H,21,23). The average molecular weight is 351 g/mol. The van der Waals surface area contributed by atoms with Crippen LogP contribution in [0.25, 0.3) is 0 Å². The van der Waals surface area contributed by atoms with Crippen molar-refractivity contribution in [3.63, 3.8) is 0 Å². The lowest BCUT2D eigenvalue weighted by atomic mass is 10.2. The Morgan fingerprint density at radius 2 is 1.92 bits per heavy atom. The van der Waals surface area contributed by atoms with E-state index in [1.165, 1.54) is 12.8 Å². The molecule has 0 heterocycles. The van der Waals surface area contributed by atoms with E-state index in [1.54, 1.807) is 0 Å². The van der Waals surface area contributed by atoms with Crippen molar-refractivity contribution < 1.29 is 14.3 Å². The highest BCUT2D eigenvalue weighted by atomic mass is 16.6. The van der Waals surface area contributed by atoms with Gasteiger partial charge in [0.15, 0.2) is 0 Å². The predicted octanol–water partition coefficient (Wildman–Crippen LogP) is 4.84. The maximum absolute atomic E-state index is 12.1. The van der Waals surface area contributed by atoms with E-state index in [0.29, 0.717) is 0 Å². The normalized spacial score (nSPS) is 12.1. The van der Waals surface area contributed by atoms with Gasteiger partial charge in [-0.05, 0) is 57.1 Å². The fraction of sp³-hybridized carbons (Fsp3) is 0.650. The number of hydrogen-bond acceptors (Lipinski definition) is 4. The molecule has 0 bridgehead atoms. The summed E-state index contributed by atoms with van der Waals surface area (Å²) < 4.78 is 11.2. The molecule has 142 valence electrons. The topological polar surface area (TPSA) is 50.8 Å². The highest BCUT2D eigenvalue weighted by Crippen LogP contribution is 2.22. The number of rotatable bonds is 11. The zero-order chi connectivity index (χ0) is 18.7. The molecule has 1 rings (SSSR count). The molecule has 0 fully saturated rings. The molecular formula is C20H34N2O3. The number of benzene rings is 1. The van der Waals surface area contributed by atoms with Gasteiger partial charge in [0.2, 0.25) is 0 Å². The molecule has 0 saturated heterocycles. The molecule has 1 amide bonds. The van der Waals surface area contributed by atoms with Gasteiger partial charge in [0.1, 0.15) is 11.9 Å². The van der Waals surface area contributed by atoms with Crippen LogP contribution in [0.4, 0.5) is 10.5 Å². The van der Waals surface area contributed by atoms with Crippen LogP contribution in [0.3, 0.4) is 0 Å².